The SMILES string of the molecule is CN(C)[C@@H]1CC[C@@H]2[C@@H]3CC[C@H]4C[C@@H](O)CC[C@]4(C)[C@@H]3CC[C@@]21C. The first-order valence-electron chi connectivity index (χ1n) is 10.2. The normalized spacial score (nSPS) is 56.1. The number of rotatable bonds is 1. The van der Waals surface area contributed by atoms with Crippen LogP contribution in [0.3, 0.4) is 0 Å². The molecular formula is C21H37NO. The van der Waals surface area contributed by atoms with Crippen molar-refractivity contribution in [3.63, 3.8) is 0 Å². The molecule has 132 valence electrons. The van der Waals surface area contributed by atoms with Crippen molar-refractivity contribution in [3.05, 3.63) is 0 Å². The van der Waals surface area contributed by atoms with Crippen LogP contribution in [0.25, 0.3) is 0 Å². The summed E-state index contributed by atoms with van der Waals surface area (Å²) in [5, 5.41) is 10.1. The first-order chi connectivity index (χ1) is 10.9. The van der Waals surface area contributed by atoms with E-state index in [4.69, 9.17) is 0 Å². The van der Waals surface area contributed by atoms with E-state index >= 15 is 0 Å². The monoisotopic (exact) mass is 319 g/mol. The molecule has 23 heavy (non-hydrogen) atoms. The van der Waals surface area contributed by atoms with E-state index in [2.05, 4.69) is 32.8 Å². The summed E-state index contributed by atoms with van der Waals surface area (Å²) in [5.41, 5.74) is 1.09. The highest BCUT2D eigenvalue weighted by Crippen LogP contribution is 2.66. The Balaban J connectivity index is 1.60. The van der Waals surface area contributed by atoms with Gasteiger partial charge in [0.15, 0.2) is 0 Å². The first kappa shape index (κ1) is 16.4. The Morgan fingerprint density at radius 3 is 2.26 bits per heavy atom. The lowest BCUT2D eigenvalue weighted by atomic mass is 9.45. The minimum absolute atomic E-state index is 0.0110. The molecule has 1 N–H and O–H groups in total. The van der Waals surface area contributed by atoms with Crippen molar-refractivity contribution in [1.29, 1.82) is 0 Å². The van der Waals surface area contributed by atoms with E-state index in [0.717, 1.165) is 42.6 Å². The van der Waals surface area contributed by atoms with E-state index in [0.29, 0.717) is 10.8 Å². The van der Waals surface area contributed by atoms with Gasteiger partial charge in [0, 0.05) is 6.04 Å². The molecule has 4 aliphatic carbocycles. The molecule has 4 saturated carbocycles. The topological polar surface area (TPSA) is 23.5 Å². The van der Waals surface area contributed by atoms with E-state index < -0.39 is 0 Å². The standard InChI is InChI=1S/C21H37NO/c1-20-11-9-15(23)13-14(20)5-6-16-17-7-8-19(22(3)4)21(17,2)12-10-18(16)20/h14-19,23H,5-13H2,1-4H3/t14-,15-,16-,17+,18+,19+,20-,21-/m0/s1. The van der Waals surface area contributed by atoms with Gasteiger partial charge >= 0.3 is 0 Å². The van der Waals surface area contributed by atoms with Gasteiger partial charge in [-0.2, -0.15) is 0 Å². The van der Waals surface area contributed by atoms with Crippen LogP contribution in [-0.2, 0) is 0 Å². The second-order valence-electron chi connectivity index (χ2n) is 10.2. The van der Waals surface area contributed by atoms with Crippen LogP contribution in [0.2, 0.25) is 0 Å². The fourth-order valence-electron chi connectivity index (χ4n) is 8.06. The number of nitrogens with zero attached hydrogens (tertiary/aromatic N) is 1. The first-order valence-corrected chi connectivity index (χ1v) is 10.2. The maximum Gasteiger partial charge on any atom is 0.0543 e. The third-order valence-corrected chi connectivity index (χ3v) is 9.21. The zero-order valence-corrected chi connectivity index (χ0v) is 15.7. The molecule has 2 heteroatoms. The maximum atomic E-state index is 10.1. The smallest absolute Gasteiger partial charge is 0.0543 e. The van der Waals surface area contributed by atoms with Crippen LogP contribution in [0.15, 0.2) is 0 Å². The number of fused-ring (bicyclic) bond motifs is 5. The van der Waals surface area contributed by atoms with Crippen molar-refractivity contribution in [3.8, 4) is 0 Å². The molecule has 0 aromatic rings. The van der Waals surface area contributed by atoms with Crippen LogP contribution in [0.1, 0.15) is 71.6 Å². The van der Waals surface area contributed by atoms with Crippen LogP contribution in [0.4, 0.5) is 0 Å². The maximum absolute atomic E-state index is 10.1. The lowest BCUT2D eigenvalue weighted by Gasteiger charge is -2.61. The molecular weight excluding hydrogens is 282 g/mol. The predicted octanol–water partition coefficient (Wildman–Crippen LogP) is 4.32. The van der Waals surface area contributed by atoms with E-state index in [1.54, 1.807) is 0 Å². The van der Waals surface area contributed by atoms with Crippen molar-refractivity contribution in [2.75, 3.05) is 14.1 Å². The molecule has 0 aromatic heterocycles. The van der Waals surface area contributed by atoms with Crippen LogP contribution in [0, 0.1) is 34.5 Å². The fraction of sp³-hybridized carbons (Fsp3) is 1.00. The third-order valence-electron chi connectivity index (χ3n) is 9.21. The van der Waals surface area contributed by atoms with Gasteiger partial charge in [0.25, 0.3) is 0 Å². The molecule has 0 amide bonds. The Morgan fingerprint density at radius 2 is 1.52 bits per heavy atom. The predicted molar refractivity (Wildman–Crippen MR) is 95.2 cm³/mol. The van der Waals surface area contributed by atoms with E-state index in [1.165, 1.54) is 44.9 Å². The summed E-state index contributed by atoms with van der Waals surface area (Å²) in [5.74, 6) is 3.66. The molecule has 0 aromatic carbocycles. The molecule has 0 bridgehead atoms. The van der Waals surface area contributed by atoms with Gasteiger partial charge in [0.2, 0.25) is 0 Å². The minimum atomic E-state index is -0.0110. The highest BCUT2D eigenvalue weighted by atomic mass is 16.3. The van der Waals surface area contributed by atoms with E-state index in [-0.39, 0.29) is 6.10 Å². The van der Waals surface area contributed by atoms with Crippen molar-refractivity contribution >= 4 is 0 Å². The quantitative estimate of drug-likeness (QED) is 0.778. The zero-order valence-electron chi connectivity index (χ0n) is 15.7. The van der Waals surface area contributed by atoms with Gasteiger partial charge in [0.05, 0.1) is 6.10 Å². The Bertz CT molecular complexity index is 463. The van der Waals surface area contributed by atoms with Gasteiger partial charge in [-0.15, -0.1) is 0 Å². The zero-order chi connectivity index (χ0) is 16.4. The summed E-state index contributed by atoms with van der Waals surface area (Å²) in [4.78, 5) is 2.52. The Kier molecular flexibility index (Phi) is 3.89. The lowest BCUT2D eigenvalue weighted by molar-refractivity contribution is -0.127. The summed E-state index contributed by atoms with van der Waals surface area (Å²) >= 11 is 0. The third kappa shape index (κ3) is 2.27. The number of aliphatic hydroxyl groups is 1. The molecule has 0 radical (unpaired) electrons. The number of hydrogen-bond acceptors (Lipinski definition) is 2. The van der Waals surface area contributed by atoms with Crippen molar-refractivity contribution < 1.29 is 5.11 Å². The van der Waals surface area contributed by atoms with Crippen molar-refractivity contribution in [2.45, 2.75) is 83.8 Å². The highest BCUT2D eigenvalue weighted by Gasteiger charge is 2.60. The van der Waals surface area contributed by atoms with Crippen LogP contribution >= 0.6 is 0 Å². The summed E-state index contributed by atoms with van der Waals surface area (Å²) in [7, 11) is 4.59. The molecule has 8 atom stereocenters. The van der Waals surface area contributed by atoms with Crippen LogP contribution in [0.5, 0.6) is 0 Å². The summed E-state index contributed by atoms with van der Waals surface area (Å²) in [6.07, 6.45) is 12.0. The van der Waals surface area contributed by atoms with Gasteiger partial charge in [-0.25, -0.2) is 0 Å². The molecule has 4 aliphatic rings. The summed E-state index contributed by atoms with van der Waals surface area (Å²) in [6.45, 7) is 5.21. The molecule has 0 saturated heterocycles. The van der Waals surface area contributed by atoms with Crippen LogP contribution in [-0.4, -0.2) is 36.2 Å². The van der Waals surface area contributed by atoms with Gasteiger partial charge in [-0.05, 0) is 106 Å². The molecule has 0 unspecified atom stereocenters. The van der Waals surface area contributed by atoms with Gasteiger partial charge in [-0.1, -0.05) is 13.8 Å². The van der Waals surface area contributed by atoms with Gasteiger partial charge in [-0.3, -0.25) is 0 Å². The van der Waals surface area contributed by atoms with Crippen molar-refractivity contribution in [1.82, 2.24) is 4.90 Å². The summed E-state index contributed by atoms with van der Waals surface area (Å²) in [6, 6.07) is 0.798. The highest BCUT2D eigenvalue weighted by molar-refractivity contribution is 5.10. The second-order valence-corrected chi connectivity index (χ2v) is 10.2. The molecule has 4 fully saturated rings. The number of aliphatic hydroxyl groups excluding tert-OH is 1. The largest absolute Gasteiger partial charge is 0.393 e. The Hall–Kier alpha value is -0.0800. The average Bonchev–Trinajstić information content (AvgIpc) is 2.85. The fourth-order valence-corrected chi connectivity index (χ4v) is 8.06. The molecule has 0 heterocycles. The lowest BCUT2D eigenvalue weighted by Crippen LogP contribution is -2.55. The number of hydrogen-bond donors (Lipinski definition) is 1. The Labute approximate surface area is 143 Å². The minimum Gasteiger partial charge on any atom is -0.393 e. The molecule has 0 spiro atoms. The van der Waals surface area contributed by atoms with E-state index in [9.17, 15) is 5.11 Å². The molecule has 0 aliphatic heterocycles. The Morgan fingerprint density at radius 1 is 0.826 bits per heavy atom. The molecule has 4 rings (SSSR count). The molecule has 2 nitrogen and oxygen atoms in total. The van der Waals surface area contributed by atoms with Gasteiger partial charge < -0.3 is 10.0 Å². The van der Waals surface area contributed by atoms with Gasteiger partial charge in [0.1, 0.15) is 0 Å². The van der Waals surface area contributed by atoms with Crippen molar-refractivity contribution in [2.24, 2.45) is 34.5 Å². The van der Waals surface area contributed by atoms with E-state index in [1.807, 2.05) is 0 Å². The average molecular weight is 320 g/mol. The van der Waals surface area contributed by atoms with Crippen LogP contribution < -0.4 is 0 Å². The second kappa shape index (κ2) is 5.46. The summed E-state index contributed by atoms with van der Waals surface area (Å²) < 4.78 is 0.